The zero-order chi connectivity index (χ0) is 31.3. The van der Waals surface area contributed by atoms with Gasteiger partial charge in [-0.2, -0.15) is 0 Å². The fraction of sp³-hybridized carbons (Fsp3) is 0.114. The van der Waals surface area contributed by atoms with Crippen LogP contribution in [0.15, 0.2) is 130 Å². The summed E-state index contributed by atoms with van der Waals surface area (Å²) in [5.74, 6) is 2.81. The van der Waals surface area contributed by atoms with Gasteiger partial charge < -0.3 is 35.3 Å². The molecule has 10 heteroatoms. The van der Waals surface area contributed by atoms with Gasteiger partial charge in [-0.15, -0.1) is 0 Å². The summed E-state index contributed by atoms with van der Waals surface area (Å²) in [6.07, 6.45) is 0. The summed E-state index contributed by atoms with van der Waals surface area (Å²) in [5.41, 5.74) is 16.1. The molecule has 0 saturated carbocycles. The fourth-order valence-electron chi connectivity index (χ4n) is 4.18. The van der Waals surface area contributed by atoms with Crippen LogP contribution in [-0.4, -0.2) is 16.3 Å². The lowest BCUT2D eigenvalue weighted by Crippen LogP contribution is -2.28. The molecule has 0 fully saturated rings. The second-order valence-corrected chi connectivity index (χ2v) is 9.88. The molecule has 0 aliphatic carbocycles. The van der Waals surface area contributed by atoms with Gasteiger partial charge in [-0.1, -0.05) is 71.0 Å². The van der Waals surface area contributed by atoms with Crippen molar-refractivity contribution in [2.45, 2.75) is 26.3 Å². The molecule has 4 aromatic carbocycles. The lowest BCUT2D eigenvalue weighted by atomic mass is 10.1. The molecule has 0 radical (unpaired) electrons. The molecule has 45 heavy (non-hydrogen) atoms. The number of nitrogens with zero attached hydrogens (tertiary/aromatic N) is 2. The van der Waals surface area contributed by atoms with Gasteiger partial charge >= 0.3 is 6.03 Å². The van der Waals surface area contributed by atoms with Crippen LogP contribution in [0.25, 0.3) is 22.5 Å². The van der Waals surface area contributed by atoms with E-state index in [4.69, 9.17) is 30.0 Å². The predicted octanol–water partition coefficient (Wildman–Crippen LogP) is 6.47. The minimum Gasteiger partial charge on any atom is -0.489 e. The molecular formula is C35H33N5O5. The lowest BCUT2D eigenvalue weighted by Gasteiger charge is -2.06. The number of nitrogens with one attached hydrogen (secondary N) is 1. The molecule has 228 valence electrons. The molecule has 6 aromatic rings. The summed E-state index contributed by atoms with van der Waals surface area (Å²) < 4.78 is 21.7. The van der Waals surface area contributed by atoms with Gasteiger partial charge in [0, 0.05) is 23.3 Å². The van der Waals surface area contributed by atoms with E-state index in [-0.39, 0.29) is 6.54 Å². The Bertz CT molecular complexity index is 1750. The summed E-state index contributed by atoms with van der Waals surface area (Å²) in [6, 6.07) is 38.4. The Morgan fingerprint density at radius 2 is 1.09 bits per heavy atom. The van der Waals surface area contributed by atoms with Crippen molar-refractivity contribution in [1.82, 2.24) is 15.6 Å². The van der Waals surface area contributed by atoms with Gasteiger partial charge in [0.1, 0.15) is 36.1 Å². The Morgan fingerprint density at radius 3 is 1.51 bits per heavy atom. The zero-order valence-electron chi connectivity index (χ0n) is 24.5. The first kappa shape index (κ1) is 30.6. The molecule has 0 saturated heterocycles. The van der Waals surface area contributed by atoms with Crippen LogP contribution >= 0.6 is 0 Å². The molecular weight excluding hydrogens is 570 g/mol. The van der Waals surface area contributed by atoms with Crippen molar-refractivity contribution in [2.75, 3.05) is 0 Å². The monoisotopic (exact) mass is 603 g/mol. The van der Waals surface area contributed by atoms with Crippen LogP contribution in [0.2, 0.25) is 0 Å². The van der Waals surface area contributed by atoms with Crippen LogP contribution in [0.5, 0.6) is 11.5 Å². The number of carbonyl (C=O) groups is 1. The van der Waals surface area contributed by atoms with E-state index in [0.29, 0.717) is 37.0 Å². The van der Waals surface area contributed by atoms with E-state index in [0.717, 1.165) is 39.4 Å². The highest BCUT2D eigenvalue weighted by Crippen LogP contribution is 2.24. The first-order valence-corrected chi connectivity index (χ1v) is 14.2. The molecule has 2 aromatic heterocycles. The SMILES string of the molecule is NC(=O)NCc1cc(-c2ccc(OCc3ccccc3)cc2)no1.NCc1cc(-c2ccc(OCc3ccccc3)cc2)no1. The van der Waals surface area contributed by atoms with Crippen LogP contribution in [0.4, 0.5) is 4.79 Å². The highest BCUT2D eigenvalue weighted by Gasteiger charge is 2.08. The lowest BCUT2D eigenvalue weighted by molar-refractivity contribution is 0.247. The maximum Gasteiger partial charge on any atom is 0.312 e. The Morgan fingerprint density at radius 1 is 0.644 bits per heavy atom. The summed E-state index contributed by atoms with van der Waals surface area (Å²) in [4.78, 5) is 10.7. The Kier molecular flexibility index (Phi) is 10.6. The average Bonchev–Trinajstić information content (AvgIpc) is 3.78. The Balaban J connectivity index is 0.000000179. The van der Waals surface area contributed by atoms with Crippen molar-refractivity contribution in [3.05, 3.63) is 144 Å². The standard InChI is InChI=1S/C18H17N3O3.C17H16N2O2/c19-18(22)20-11-16-10-17(21-24-16)14-6-8-15(9-7-14)23-12-13-4-2-1-3-5-13;18-11-16-10-17(19-21-16)14-6-8-15(9-7-14)20-12-13-4-2-1-3-5-13/h1-10H,11-12H2,(H3,19,20,22);1-10H,11-12,18H2. The maximum absolute atomic E-state index is 10.7. The molecule has 6 rings (SSSR count). The van der Waals surface area contributed by atoms with E-state index < -0.39 is 6.03 Å². The molecule has 0 unspecified atom stereocenters. The molecule has 0 aliphatic rings. The number of urea groups is 1. The number of aromatic nitrogens is 2. The highest BCUT2D eigenvalue weighted by atomic mass is 16.5. The number of primary amides is 1. The van der Waals surface area contributed by atoms with Crippen LogP contribution in [0.3, 0.4) is 0 Å². The fourth-order valence-corrected chi connectivity index (χ4v) is 4.18. The van der Waals surface area contributed by atoms with Gasteiger partial charge in [-0.05, 0) is 59.7 Å². The Labute approximate surface area is 260 Å². The number of nitrogens with two attached hydrogens (primary N) is 2. The Hall–Kier alpha value is -5.87. The second-order valence-electron chi connectivity index (χ2n) is 9.88. The van der Waals surface area contributed by atoms with Crippen LogP contribution in [0, 0.1) is 0 Å². The van der Waals surface area contributed by atoms with E-state index in [2.05, 4.69) is 15.6 Å². The molecule has 10 nitrogen and oxygen atoms in total. The van der Waals surface area contributed by atoms with E-state index in [1.165, 1.54) is 0 Å². The van der Waals surface area contributed by atoms with Crippen molar-refractivity contribution < 1.29 is 23.3 Å². The number of benzene rings is 4. The van der Waals surface area contributed by atoms with Crippen LogP contribution in [-0.2, 0) is 26.3 Å². The van der Waals surface area contributed by atoms with Gasteiger partial charge in [-0.25, -0.2) is 4.79 Å². The third-order valence-electron chi connectivity index (χ3n) is 6.55. The van der Waals surface area contributed by atoms with Gasteiger partial charge in [0.15, 0.2) is 11.5 Å². The van der Waals surface area contributed by atoms with E-state index in [1.807, 2.05) is 115 Å². The first-order chi connectivity index (χ1) is 22.1. The zero-order valence-corrected chi connectivity index (χ0v) is 24.5. The van der Waals surface area contributed by atoms with Gasteiger partial charge in [0.05, 0.1) is 13.1 Å². The number of carbonyl (C=O) groups excluding carboxylic acids is 1. The van der Waals surface area contributed by atoms with Crippen molar-refractivity contribution in [2.24, 2.45) is 11.5 Å². The smallest absolute Gasteiger partial charge is 0.312 e. The topological polar surface area (TPSA) is 152 Å². The number of hydrogen-bond acceptors (Lipinski definition) is 8. The summed E-state index contributed by atoms with van der Waals surface area (Å²) in [5, 5.41) is 10.4. The highest BCUT2D eigenvalue weighted by molar-refractivity contribution is 5.71. The predicted molar refractivity (Wildman–Crippen MR) is 170 cm³/mol. The first-order valence-electron chi connectivity index (χ1n) is 14.2. The van der Waals surface area contributed by atoms with E-state index in [1.54, 1.807) is 6.07 Å². The van der Waals surface area contributed by atoms with Gasteiger partial charge in [0.25, 0.3) is 0 Å². The quantitative estimate of drug-likeness (QED) is 0.152. The summed E-state index contributed by atoms with van der Waals surface area (Å²) in [6.45, 7) is 1.64. The van der Waals surface area contributed by atoms with E-state index >= 15 is 0 Å². The van der Waals surface area contributed by atoms with Crippen molar-refractivity contribution in [3.63, 3.8) is 0 Å². The largest absolute Gasteiger partial charge is 0.489 e. The minimum absolute atomic E-state index is 0.209. The molecule has 0 aliphatic heterocycles. The average molecular weight is 604 g/mol. The second kappa shape index (κ2) is 15.6. The number of rotatable bonds is 11. The molecule has 2 heterocycles. The van der Waals surface area contributed by atoms with Crippen LogP contribution in [0.1, 0.15) is 22.6 Å². The normalized spacial score (nSPS) is 10.4. The van der Waals surface area contributed by atoms with E-state index in [9.17, 15) is 4.79 Å². The molecule has 0 bridgehead atoms. The number of amides is 2. The van der Waals surface area contributed by atoms with Crippen molar-refractivity contribution in [3.8, 4) is 34.0 Å². The minimum atomic E-state index is -0.604. The number of hydrogen-bond donors (Lipinski definition) is 3. The van der Waals surface area contributed by atoms with Gasteiger partial charge in [0.2, 0.25) is 0 Å². The third kappa shape index (κ3) is 9.31. The van der Waals surface area contributed by atoms with Crippen LogP contribution < -0.4 is 26.3 Å². The van der Waals surface area contributed by atoms with Gasteiger partial charge in [-0.3, -0.25) is 0 Å². The summed E-state index contributed by atoms with van der Waals surface area (Å²) >= 11 is 0. The van der Waals surface area contributed by atoms with Crippen molar-refractivity contribution >= 4 is 6.03 Å². The molecule has 5 N–H and O–H groups in total. The molecule has 0 spiro atoms. The summed E-state index contributed by atoms with van der Waals surface area (Å²) in [7, 11) is 0. The maximum atomic E-state index is 10.7. The van der Waals surface area contributed by atoms with Crippen molar-refractivity contribution in [1.29, 1.82) is 0 Å². The number of ether oxygens (including phenoxy) is 2. The third-order valence-corrected chi connectivity index (χ3v) is 6.55. The molecule has 2 amide bonds. The molecule has 0 atom stereocenters.